The minimum absolute atomic E-state index is 0.438. The third-order valence-electron chi connectivity index (χ3n) is 3.22. The SMILES string of the molecule is CC(C)n1cc(NC2CCN(C)CC2)cn1. The van der Waals surface area contributed by atoms with Crippen molar-refractivity contribution in [1.29, 1.82) is 0 Å². The summed E-state index contributed by atoms with van der Waals surface area (Å²) in [7, 11) is 2.19. The van der Waals surface area contributed by atoms with Crippen molar-refractivity contribution in [2.75, 3.05) is 25.5 Å². The first kappa shape index (κ1) is 11.5. The van der Waals surface area contributed by atoms with Gasteiger partial charge in [-0.05, 0) is 46.8 Å². The number of anilines is 1. The van der Waals surface area contributed by atoms with Gasteiger partial charge in [-0.25, -0.2) is 0 Å². The van der Waals surface area contributed by atoms with E-state index in [2.05, 4.69) is 42.4 Å². The van der Waals surface area contributed by atoms with Crippen molar-refractivity contribution in [2.24, 2.45) is 0 Å². The Morgan fingerprint density at radius 3 is 2.62 bits per heavy atom. The van der Waals surface area contributed by atoms with Crippen LogP contribution in [0.5, 0.6) is 0 Å². The number of hydrogen-bond donors (Lipinski definition) is 1. The van der Waals surface area contributed by atoms with Crippen molar-refractivity contribution in [3.63, 3.8) is 0 Å². The molecule has 0 atom stereocenters. The Morgan fingerprint density at radius 1 is 1.38 bits per heavy atom. The maximum Gasteiger partial charge on any atom is 0.0728 e. The first-order valence-corrected chi connectivity index (χ1v) is 6.14. The monoisotopic (exact) mass is 222 g/mol. The molecule has 0 unspecified atom stereocenters. The predicted octanol–water partition coefficient (Wildman–Crippen LogP) is 1.97. The van der Waals surface area contributed by atoms with Gasteiger partial charge in [-0.2, -0.15) is 5.10 Å². The summed E-state index contributed by atoms with van der Waals surface area (Å²) in [5.41, 5.74) is 1.16. The van der Waals surface area contributed by atoms with E-state index in [1.165, 1.54) is 25.9 Å². The lowest BCUT2D eigenvalue weighted by molar-refractivity contribution is 0.264. The third-order valence-corrected chi connectivity index (χ3v) is 3.22. The lowest BCUT2D eigenvalue weighted by atomic mass is 10.1. The fourth-order valence-corrected chi connectivity index (χ4v) is 2.08. The van der Waals surface area contributed by atoms with Crippen molar-refractivity contribution in [3.05, 3.63) is 12.4 Å². The van der Waals surface area contributed by atoms with E-state index in [9.17, 15) is 0 Å². The molecule has 0 aromatic carbocycles. The molecule has 0 radical (unpaired) electrons. The van der Waals surface area contributed by atoms with E-state index >= 15 is 0 Å². The van der Waals surface area contributed by atoms with Crippen molar-refractivity contribution >= 4 is 5.69 Å². The van der Waals surface area contributed by atoms with Gasteiger partial charge in [0.25, 0.3) is 0 Å². The molecule has 90 valence electrons. The highest BCUT2D eigenvalue weighted by molar-refractivity contribution is 5.39. The van der Waals surface area contributed by atoms with E-state index in [-0.39, 0.29) is 0 Å². The molecule has 16 heavy (non-hydrogen) atoms. The molecule has 4 heteroatoms. The molecule has 2 heterocycles. The Bertz CT molecular complexity index is 324. The van der Waals surface area contributed by atoms with Gasteiger partial charge >= 0.3 is 0 Å². The summed E-state index contributed by atoms with van der Waals surface area (Å²) in [6.07, 6.45) is 6.48. The second-order valence-corrected chi connectivity index (χ2v) is 5.02. The summed E-state index contributed by atoms with van der Waals surface area (Å²) in [4.78, 5) is 2.38. The van der Waals surface area contributed by atoms with Crippen LogP contribution in [-0.4, -0.2) is 40.9 Å². The maximum atomic E-state index is 4.34. The summed E-state index contributed by atoms with van der Waals surface area (Å²) in [6, 6.07) is 1.05. The van der Waals surface area contributed by atoms with Gasteiger partial charge in [0.15, 0.2) is 0 Å². The largest absolute Gasteiger partial charge is 0.380 e. The number of rotatable bonds is 3. The Hall–Kier alpha value is -1.03. The van der Waals surface area contributed by atoms with E-state index < -0.39 is 0 Å². The average molecular weight is 222 g/mol. The molecule has 0 saturated carbocycles. The average Bonchev–Trinajstić information content (AvgIpc) is 2.70. The van der Waals surface area contributed by atoms with Crippen LogP contribution in [0.25, 0.3) is 0 Å². The van der Waals surface area contributed by atoms with Crippen LogP contribution in [0.3, 0.4) is 0 Å². The van der Waals surface area contributed by atoms with Crippen LogP contribution in [0.2, 0.25) is 0 Å². The minimum atomic E-state index is 0.438. The molecule has 1 N–H and O–H groups in total. The molecule has 0 spiro atoms. The number of likely N-dealkylation sites (tertiary alicyclic amines) is 1. The Balaban J connectivity index is 1.88. The van der Waals surface area contributed by atoms with Gasteiger partial charge in [0.1, 0.15) is 0 Å². The fourth-order valence-electron chi connectivity index (χ4n) is 2.08. The molecular weight excluding hydrogens is 200 g/mol. The van der Waals surface area contributed by atoms with Crippen LogP contribution in [0.1, 0.15) is 32.7 Å². The van der Waals surface area contributed by atoms with Gasteiger partial charge in [-0.15, -0.1) is 0 Å². The van der Waals surface area contributed by atoms with E-state index in [0.717, 1.165) is 5.69 Å². The summed E-state index contributed by atoms with van der Waals surface area (Å²) in [6.45, 7) is 6.67. The number of aromatic nitrogens is 2. The van der Waals surface area contributed by atoms with E-state index in [0.29, 0.717) is 12.1 Å². The molecule has 1 fully saturated rings. The highest BCUT2D eigenvalue weighted by Gasteiger charge is 2.16. The van der Waals surface area contributed by atoms with Crippen molar-refractivity contribution < 1.29 is 0 Å². The lowest BCUT2D eigenvalue weighted by Crippen LogP contribution is -2.36. The molecule has 0 aliphatic carbocycles. The zero-order valence-electron chi connectivity index (χ0n) is 10.5. The molecule has 1 saturated heterocycles. The summed E-state index contributed by atoms with van der Waals surface area (Å²) < 4.78 is 2.00. The van der Waals surface area contributed by atoms with Gasteiger partial charge in [-0.1, -0.05) is 0 Å². The Morgan fingerprint density at radius 2 is 2.06 bits per heavy atom. The van der Waals surface area contributed by atoms with Gasteiger partial charge in [0.2, 0.25) is 0 Å². The molecule has 1 aliphatic rings. The maximum absolute atomic E-state index is 4.34. The van der Waals surface area contributed by atoms with Crippen LogP contribution >= 0.6 is 0 Å². The summed E-state index contributed by atoms with van der Waals surface area (Å²) >= 11 is 0. The van der Waals surface area contributed by atoms with Gasteiger partial charge in [-0.3, -0.25) is 4.68 Å². The van der Waals surface area contributed by atoms with Gasteiger partial charge in [0.05, 0.1) is 11.9 Å². The second kappa shape index (κ2) is 4.87. The molecule has 1 aromatic rings. The van der Waals surface area contributed by atoms with Crippen LogP contribution in [0, 0.1) is 0 Å². The topological polar surface area (TPSA) is 33.1 Å². The normalized spacial score (nSPS) is 19.2. The van der Waals surface area contributed by atoms with E-state index in [1.807, 2.05) is 10.9 Å². The highest BCUT2D eigenvalue weighted by Crippen LogP contribution is 2.16. The van der Waals surface area contributed by atoms with Crippen LogP contribution < -0.4 is 5.32 Å². The zero-order chi connectivity index (χ0) is 11.5. The fraction of sp³-hybridized carbons (Fsp3) is 0.750. The zero-order valence-corrected chi connectivity index (χ0v) is 10.5. The highest BCUT2D eigenvalue weighted by atomic mass is 15.3. The van der Waals surface area contributed by atoms with Crippen molar-refractivity contribution in [3.8, 4) is 0 Å². The quantitative estimate of drug-likeness (QED) is 0.849. The van der Waals surface area contributed by atoms with Gasteiger partial charge < -0.3 is 10.2 Å². The smallest absolute Gasteiger partial charge is 0.0728 e. The molecule has 4 nitrogen and oxygen atoms in total. The molecule has 2 rings (SSSR count). The van der Waals surface area contributed by atoms with Crippen molar-refractivity contribution in [1.82, 2.24) is 14.7 Å². The second-order valence-electron chi connectivity index (χ2n) is 5.02. The molecule has 0 amide bonds. The molecule has 1 aromatic heterocycles. The number of nitrogens with zero attached hydrogens (tertiary/aromatic N) is 3. The van der Waals surface area contributed by atoms with Crippen LogP contribution in [0.4, 0.5) is 5.69 Å². The van der Waals surface area contributed by atoms with Crippen LogP contribution in [-0.2, 0) is 0 Å². The standard InChI is InChI=1S/C12H22N4/c1-10(2)16-9-12(8-13-16)14-11-4-6-15(3)7-5-11/h8-11,14H,4-7H2,1-3H3. The predicted molar refractivity (Wildman–Crippen MR) is 66.8 cm³/mol. The molecule has 1 aliphatic heterocycles. The Kier molecular flexibility index (Phi) is 3.49. The van der Waals surface area contributed by atoms with Crippen molar-refractivity contribution in [2.45, 2.75) is 38.8 Å². The number of nitrogens with one attached hydrogen (secondary N) is 1. The Labute approximate surface area is 97.6 Å². The molecule has 0 bridgehead atoms. The first-order chi connectivity index (χ1) is 7.65. The molecular formula is C12H22N4. The van der Waals surface area contributed by atoms with Crippen LogP contribution in [0.15, 0.2) is 12.4 Å². The number of piperidine rings is 1. The first-order valence-electron chi connectivity index (χ1n) is 6.14. The van der Waals surface area contributed by atoms with E-state index in [1.54, 1.807) is 0 Å². The number of hydrogen-bond acceptors (Lipinski definition) is 3. The summed E-state index contributed by atoms with van der Waals surface area (Å²) in [5.74, 6) is 0. The third kappa shape index (κ3) is 2.76. The summed E-state index contributed by atoms with van der Waals surface area (Å²) in [5, 5.41) is 7.91. The lowest BCUT2D eigenvalue weighted by Gasteiger charge is -2.29. The van der Waals surface area contributed by atoms with Gasteiger partial charge in [0, 0.05) is 18.3 Å². The van der Waals surface area contributed by atoms with E-state index in [4.69, 9.17) is 0 Å². The minimum Gasteiger partial charge on any atom is -0.380 e.